The average molecular weight is 210 g/mol. The highest BCUT2D eigenvalue weighted by molar-refractivity contribution is 6.71. The Labute approximate surface area is 89.0 Å². The van der Waals surface area contributed by atoms with Crippen molar-refractivity contribution in [3.63, 3.8) is 0 Å². The Kier molecular flexibility index (Phi) is 3.73. The van der Waals surface area contributed by atoms with Crippen LogP contribution in [0.2, 0.25) is 19.1 Å². The van der Waals surface area contributed by atoms with Gasteiger partial charge in [-0.1, -0.05) is 17.2 Å². The van der Waals surface area contributed by atoms with E-state index in [-0.39, 0.29) is 0 Å². The molecular formula is C12H22OSi. The molecule has 0 fully saturated rings. The number of rotatable bonds is 2. The highest BCUT2D eigenvalue weighted by Gasteiger charge is 2.28. The first kappa shape index (κ1) is 11.7. The molecule has 80 valence electrons. The van der Waals surface area contributed by atoms with Gasteiger partial charge in [-0.2, -0.15) is 0 Å². The van der Waals surface area contributed by atoms with Gasteiger partial charge in [-0.15, -0.1) is 6.58 Å². The lowest BCUT2D eigenvalue weighted by molar-refractivity contribution is 0.196. The van der Waals surface area contributed by atoms with E-state index in [1.165, 1.54) is 11.1 Å². The zero-order chi connectivity index (χ0) is 10.8. The molecule has 0 aromatic heterocycles. The minimum absolute atomic E-state index is 0.382. The van der Waals surface area contributed by atoms with E-state index in [1.807, 2.05) is 0 Å². The molecule has 1 rings (SSSR count). The molecule has 1 nitrogen and oxygen atoms in total. The number of hydrogen-bond donors (Lipinski definition) is 0. The second-order valence-electron chi connectivity index (χ2n) is 5.12. The van der Waals surface area contributed by atoms with Crippen molar-refractivity contribution in [3.05, 3.63) is 23.8 Å². The van der Waals surface area contributed by atoms with Crippen LogP contribution in [0, 0.1) is 0 Å². The number of allylic oxidation sites excluding steroid dienone is 1. The smallest absolute Gasteiger partial charge is 0.190 e. The van der Waals surface area contributed by atoms with Crippen LogP contribution in [0.15, 0.2) is 23.8 Å². The molecule has 0 saturated heterocycles. The zero-order valence-electron chi connectivity index (χ0n) is 9.89. The molecule has 0 N–H and O–H groups in total. The summed E-state index contributed by atoms with van der Waals surface area (Å²) in [6.45, 7) is 12.9. The van der Waals surface area contributed by atoms with Crippen molar-refractivity contribution in [1.82, 2.24) is 0 Å². The van der Waals surface area contributed by atoms with Crippen molar-refractivity contribution in [1.29, 1.82) is 0 Å². The molecule has 1 heterocycles. The second kappa shape index (κ2) is 4.45. The lowest BCUT2D eigenvalue weighted by atomic mass is 10.0. The Hall–Kier alpha value is -0.343. The van der Waals surface area contributed by atoms with E-state index in [0.29, 0.717) is 6.10 Å². The van der Waals surface area contributed by atoms with E-state index in [4.69, 9.17) is 4.43 Å². The molecule has 1 aliphatic heterocycles. The lowest BCUT2D eigenvalue weighted by Crippen LogP contribution is -2.33. The summed E-state index contributed by atoms with van der Waals surface area (Å²) in [5.41, 5.74) is 2.71. The van der Waals surface area contributed by atoms with E-state index < -0.39 is 8.32 Å². The first-order chi connectivity index (χ1) is 6.39. The molecule has 0 saturated carbocycles. The highest BCUT2D eigenvalue weighted by Crippen LogP contribution is 2.26. The molecule has 0 spiro atoms. The minimum atomic E-state index is -1.43. The van der Waals surface area contributed by atoms with Gasteiger partial charge in [-0.3, -0.25) is 0 Å². The monoisotopic (exact) mass is 210 g/mol. The first-order valence-electron chi connectivity index (χ1n) is 5.37. The lowest BCUT2D eigenvalue weighted by Gasteiger charge is -2.26. The molecular weight excluding hydrogens is 188 g/mol. The van der Waals surface area contributed by atoms with Gasteiger partial charge < -0.3 is 4.43 Å². The van der Waals surface area contributed by atoms with Gasteiger partial charge in [0.1, 0.15) is 0 Å². The van der Waals surface area contributed by atoms with Crippen molar-refractivity contribution in [2.45, 2.75) is 51.9 Å². The molecule has 0 aliphatic carbocycles. The summed E-state index contributed by atoms with van der Waals surface area (Å²) >= 11 is 0. The van der Waals surface area contributed by atoms with Gasteiger partial charge in [0.05, 0.1) is 6.10 Å². The van der Waals surface area contributed by atoms with Crippen molar-refractivity contribution in [3.8, 4) is 0 Å². The molecule has 0 aromatic carbocycles. The standard InChI is InChI=1S/C12H22OSi/c1-10(2)8-12-9-11(3)6-7-14(4,5)13-12/h6,12H,1,7-9H2,2-5H3/t12-/m0/s1. The van der Waals surface area contributed by atoms with Crippen LogP contribution in [0.1, 0.15) is 26.7 Å². The van der Waals surface area contributed by atoms with Crippen molar-refractivity contribution in [2.24, 2.45) is 0 Å². The fourth-order valence-corrected chi connectivity index (χ4v) is 3.91. The van der Waals surface area contributed by atoms with Gasteiger partial charge in [0, 0.05) is 0 Å². The summed E-state index contributed by atoms with van der Waals surface area (Å²) in [6.07, 6.45) is 4.85. The maximum atomic E-state index is 6.21. The van der Waals surface area contributed by atoms with E-state index in [0.717, 1.165) is 18.9 Å². The Morgan fingerprint density at radius 2 is 2.29 bits per heavy atom. The largest absolute Gasteiger partial charge is 0.414 e. The third-order valence-corrected chi connectivity index (χ3v) is 4.71. The van der Waals surface area contributed by atoms with Crippen molar-refractivity contribution < 1.29 is 4.43 Å². The first-order valence-corrected chi connectivity index (χ1v) is 8.48. The third-order valence-electron chi connectivity index (χ3n) is 2.55. The Morgan fingerprint density at radius 3 is 2.86 bits per heavy atom. The SMILES string of the molecule is C=C(C)C[C@H]1CC(C)=CC[Si](C)(C)O1. The van der Waals surface area contributed by atoms with Crippen LogP contribution in [0.25, 0.3) is 0 Å². The van der Waals surface area contributed by atoms with Crippen LogP contribution in [-0.2, 0) is 4.43 Å². The molecule has 2 heteroatoms. The number of hydrogen-bond acceptors (Lipinski definition) is 1. The van der Waals surface area contributed by atoms with Crippen LogP contribution in [-0.4, -0.2) is 14.4 Å². The highest BCUT2D eigenvalue weighted by atomic mass is 28.4. The topological polar surface area (TPSA) is 9.23 Å². The van der Waals surface area contributed by atoms with Crippen molar-refractivity contribution in [2.75, 3.05) is 0 Å². The van der Waals surface area contributed by atoms with E-state index >= 15 is 0 Å². The summed E-state index contributed by atoms with van der Waals surface area (Å²) in [5.74, 6) is 0. The average Bonchev–Trinajstić information content (AvgIpc) is 2.08. The van der Waals surface area contributed by atoms with E-state index in [9.17, 15) is 0 Å². The Balaban J connectivity index is 2.68. The predicted molar refractivity (Wildman–Crippen MR) is 65.0 cm³/mol. The third kappa shape index (κ3) is 3.80. The summed E-state index contributed by atoms with van der Waals surface area (Å²) in [4.78, 5) is 0. The molecule has 0 unspecified atom stereocenters. The molecule has 1 atom stereocenters. The Bertz CT molecular complexity index is 253. The van der Waals surface area contributed by atoms with Crippen LogP contribution in [0.5, 0.6) is 0 Å². The van der Waals surface area contributed by atoms with Gasteiger partial charge in [-0.05, 0) is 45.8 Å². The normalized spacial score (nSPS) is 26.6. The minimum Gasteiger partial charge on any atom is -0.414 e. The van der Waals surface area contributed by atoms with Crippen LogP contribution in [0.3, 0.4) is 0 Å². The van der Waals surface area contributed by atoms with E-state index in [2.05, 4.69) is 39.6 Å². The van der Waals surface area contributed by atoms with Gasteiger partial charge in [0.2, 0.25) is 0 Å². The summed E-state index contributed by atoms with van der Waals surface area (Å²) in [7, 11) is -1.43. The second-order valence-corrected chi connectivity index (χ2v) is 9.28. The molecule has 0 radical (unpaired) electrons. The quantitative estimate of drug-likeness (QED) is 0.496. The predicted octanol–water partition coefficient (Wildman–Crippen LogP) is 3.89. The molecule has 1 aliphatic rings. The zero-order valence-corrected chi connectivity index (χ0v) is 10.9. The molecule has 14 heavy (non-hydrogen) atoms. The summed E-state index contributed by atoms with van der Waals surface area (Å²) in [5, 5.41) is 0. The van der Waals surface area contributed by atoms with Crippen LogP contribution >= 0.6 is 0 Å². The maximum absolute atomic E-state index is 6.21. The van der Waals surface area contributed by atoms with Crippen LogP contribution in [0.4, 0.5) is 0 Å². The van der Waals surface area contributed by atoms with Gasteiger partial charge in [0.25, 0.3) is 0 Å². The Morgan fingerprint density at radius 1 is 1.64 bits per heavy atom. The van der Waals surface area contributed by atoms with Gasteiger partial charge in [-0.25, -0.2) is 0 Å². The maximum Gasteiger partial charge on any atom is 0.190 e. The summed E-state index contributed by atoms with van der Waals surface area (Å²) in [6, 6.07) is 1.16. The summed E-state index contributed by atoms with van der Waals surface area (Å²) < 4.78 is 6.21. The van der Waals surface area contributed by atoms with Crippen molar-refractivity contribution >= 4 is 8.32 Å². The van der Waals surface area contributed by atoms with Crippen LogP contribution < -0.4 is 0 Å². The fraction of sp³-hybridized carbons (Fsp3) is 0.667. The van der Waals surface area contributed by atoms with Gasteiger partial charge in [0.15, 0.2) is 8.32 Å². The molecule has 0 bridgehead atoms. The molecule has 0 aromatic rings. The molecule has 0 amide bonds. The van der Waals surface area contributed by atoms with Gasteiger partial charge >= 0.3 is 0 Å². The van der Waals surface area contributed by atoms with E-state index in [1.54, 1.807) is 0 Å². The fourth-order valence-electron chi connectivity index (χ4n) is 1.91.